The summed E-state index contributed by atoms with van der Waals surface area (Å²) in [6.45, 7) is 4.22. The normalized spacial score (nSPS) is 18.8. The molecule has 0 spiro atoms. The maximum atomic E-state index is 6.47. The first kappa shape index (κ1) is 11.5. The first-order valence-corrected chi connectivity index (χ1v) is 6.01. The first-order valence-electron chi connectivity index (χ1n) is 6.01. The molecule has 1 aliphatic rings. The van der Waals surface area contributed by atoms with E-state index in [9.17, 15) is 0 Å². The second-order valence-corrected chi connectivity index (χ2v) is 4.98. The van der Waals surface area contributed by atoms with Gasteiger partial charge in [0.2, 0.25) is 0 Å². The SMILES string of the molecule is COc1cc(C2(N)CCCC2)cc(C)c1C. The minimum absolute atomic E-state index is 0.119. The number of ether oxygens (including phenoxy) is 1. The summed E-state index contributed by atoms with van der Waals surface area (Å²) in [4.78, 5) is 0. The molecular formula is C14H21NO. The number of aryl methyl sites for hydroxylation is 1. The third-order valence-electron chi connectivity index (χ3n) is 3.91. The summed E-state index contributed by atoms with van der Waals surface area (Å²) in [6.07, 6.45) is 4.68. The molecule has 0 aliphatic heterocycles. The second kappa shape index (κ2) is 4.10. The molecule has 88 valence electrons. The van der Waals surface area contributed by atoms with Gasteiger partial charge in [0.1, 0.15) is 5.75 Å². The number of nitrogens with two attached hydrogens (primary N) is 1. The van der Waals surface area contributed by atoms with Gasteiger partial charge in [-0.05, 0) is 49.4 Å². The van der Waals surface area contributed by atoms with Crippen molar-refractivity contribution >= 4 is 0 Å². The number of hydrogen-bond acceptors (Lipinski definition) is 2. The standard InChI is InChI=1S/C14H21NO/c1-10-8-12(9-13(16-3)11(10)2)14(15)6-4-5-7-14/h8-9H,4-7,15H2,1-3H3. The Morgan fingerprint density at radius 3 is 2.38 bits per heavy atom. The minimum atomic E-state index is -0.119. The van der Waals surface area contributed by atoms with Crippen LogP contribution in [-0.2, 0) is 5.54 Å². The molecule has 2 nitrogen and oxygen atoms in total. The highest BCUT2D eigenvalue weighted by Crippen LogP contribution is 2.38. The maximum absolute atomic E-state index is 6.47. The molecule has 0 amide bonds. The van der Waals surface area contributed by atoms with Crippen molar-refractivity contribution in [3.05, 3.63) is 28.8 Å². The summed E-state index contributed by atoms with van der Waals surface area (Å²) in [6, 6.07) is 4.34. The zero-order valence-electron chi connectivity index (χ0n) is 10.5. The van der Waals surface area contributed by atoms with Gasteiger partial charge in [-0.2, -0.15) is 0 Å². The number of benzene rings is 1. The lowest BCUT2D eigenvalue weighted by molar-refractivity contribution is 0.405. The van der Waals surface area contributed by atoms with Crippen LogP contribution in [0.5, 0.6) is 5.75 Å². The van der Waals surface area contributed by atoms with E-state index >= 15 is 0 Å². The molecule has 0 heterocycles. The third kappa shape index (κ3) is 1.82. The Bertz CT molecular complexity index is 392. The van der Waals surface area contributed by atoms with Gasteiger partial charge in [-0.15, -0.1) is 0 Å². The average Bonchev–Trinajstić information content (AvgIpc) is 2.70. The van der Waals surface area contributed by atoms with E-state index in [0.717, 1.165) is 18.6 Å². The highest BCUT2D eigenvalue weighted by atomic mass is 16.5. The van der Waals surface area contributed by atoms with Crippen molar-refractivity contribution in [2.45, 2.75) is 45.1 Å². The molecule has 0 radical (unpaired) electrons. The Labute approximate surface area is 97.8 Å². The fourth-order valence-electron chi connectivity index (χ4n) is 2.62. The van der Waals surface area contributed by atoms with Gasteiger partial charge >= 0.3 is 0 Å². The van der Waals surface area contributed by atoms with E-state index in [0.29, 0.717) is 0 Å². The van der Waals surface area contributed by atoms with Crippen molar-refractivity contribution in [3.8, 4) is 5.75 Å². The highest BCUT2D eigenvalue weighted by molar-refractivity contribution is 5.45. The molecule has 2 rings (SSSR count). The van der Waals surface area contributed by atoms with Gasteiger partial charge in [0.15, 0.2) is 0 Å². The summed E-state index contributed by atoms with van der Waals surface area (Å²) in [5.74, 6) is 0.965. The van der Waals surface area contributed by atoms with Crippen LogP contribution in [0.1, 0.15) is 42.4 Å². The summed E-state index contributed by atoms with van der Waals surface area (Å²) in [5, 5.41) is 0. The van der Waals surface area contributed by atoms with Gasteiger partial charge in [-0.3, -0.25) is 0 Å². The molecule has 0 unspecified atom stereocenters. The first-order chi connectivity index (χ1) is 7.57. The highest BCUT2D eigenvalue weighted by Gasteiger charge is 2.31. The van der Waals surface area contributed by atoms with Crippen LogP contribution >= 0.6 is 0 Å². The van der Waals surface area contributed by atoms with E-state index in [2.05, 4.69) is 26.0 Å². The zero-order valence-corrected chi connectivity index (χ0v) is 10.5. The minimum Gasteiger partial charge on any atom is -0.496 e. The summed E-state index contributed by atoms with van der Waals surface area (Å²) in [7, 11) is 1.73. The fraction of sp³-hybridized carbons (Fsp3) is 0.571. The van der Waals surface area contributed by atoms with Gasteiger partial charge in [0.05, 0.1) is 7.11 Å². The Morgan fingerprint density at radius 1 is 1.19 bits per heavy atom. The topological polar surface area (TPSA) is 35.2 Å². The van der Waals surface area contributed by atoms with Crippen molar-refractivity contribution in [1.82, 2.24) is 0 Å². The molecule has 1 aromatic rings. The largest absolute Gasteiger partial charge is 0.496 e. The van der Waals surface area contributed by atoms with Crippen molar-refractivity contribution in [2.24, 2.45) is 5.73 Å². The van der Waals surface area contributed by atoms with E-state index in [1.807, 2.05) is 0 Å². The van der Waals surface area contributed by atoms with E-state index in [-0.39, 0.29) is 5.54 Å². The van der Waals surface area contributed by atoms with Crippen LogP contribution in [0.3, 0.4) is 0 Å². The van der Waals surface area contributed by atoms with E-state index in [1.54, 1.807) is 7.11 Å². The van der Waals surface area contributed by atoms with Gasteiger partial charge in [0, 0.05) is 5.54 Å². The lowest BCUT2D eigenvalue weighted by Crippen LogP contribution is -2.33. The van der Waals surface area contributed by atoms with E-state index in [4.69, 9.17) is 10.5 Å². The van der Waals surface area contributed by atoms with Gasteiger partial charge in [0.25, 0.3) is 0 Å². The predicted octanol–water partition coefficient (Wildman–Crippen LogP) is 3.04. The van der Waals surface area contributed by atoms with Crippen LogP contribution in [0, 0.1) is 13.8 Å². The number of methoxy groups -OCH3 is 1. The molecule has 2 N–H and O–H groups in total. The van der Waals surface area contributed by atoms with Crippen molar-refractivity contribution in [3.63, 3.8) is 0 Å². The smallest absolute Gasteiger partial charge is 0.122 e. The molecule has 0 bridgehead atoms. The van der Waals surface area contributed by atoms with Crippen molar-refractivity contribution in [2.75, 3.05) is 7.11 Å². The molecule has 0 saturated heterocycles. The quantitative estimate of drug-likeness (QED) is 0.829. The Hall–Kier alpha value is -1.02. The van der Waals surface area contributed by atoms with Crippen molar-refractivity contribution < 1.29 is 4.74 Å². The lowest BCUT2D eigenvalue weighted by Gasteiger charge is -2.26. The van der Waals surface area contributed by atoms with Crippen LogP contribution in [0.25, 0.3) is 0 Å². The molecule has 1 aromatic carbocycles. The monoisotopic (exact) mass is 219 g/mol. The van der Waals surface area contributed by atoms with Crippen LogP contribution in [0.4, 0.5) is 0 Å². The molecule has 1 saturated carbocycles. The lowest BCUT2D eigenvalue weighted by atomic mass is 9.87. The summed E-state index contributed by atoms with van der Waals surface area (Å²) in [5.41, 5.74) is 10.1. The van der Waals surface area contributed by atoms with Crippen molar-refractivity contribution in [1.29, 1.82) is 0 Å². The summed E-state index contributed by atoms with van der Waals surface area (Å²) >= 11 is 0. The Kier molecular flexibility index (Phi) is 2.94. The summed E-state index contributed by atoms with van der Waals surface area (Å²) < 4.78 is 5.42. The number of hydrogen-bond donors (Lipinski definition) is 1. The molecule has 0 aromatic heterocycles. The third-order valence-corrected chi connectivity index (χ3v) is 3.91. The van der Waals surface area contributed by atoms with E-state index < -0.39 is 0 Å². The molecule has 2 heteroatoms. The molecule has 1 aliphatic carbocycles. The van der Waals surface area contributed by atoms with Gasteiger partial charge < -0.3 is 10.5 Å². The number of rotatable bonds is 2. The Morgan fingerprint density at radius 2 is 1.81 bits per heavy atom. The van der Waals surface area contributed by atoms with Crippen LogP contribution in [-0.4, -0.2) is 7.11 Å². The van der Waals surface area contributed by atoms with Gasteiger partial charge in [-0.25, -0.2) is 0 Å². The van der Waals surface area contributed by atoms with Crippen LogP contribution in [0.2, 0.25) is 0 Å². The fourth-order valence-corrected chi connectivity index (χ4v) is 2.62. The maximum Gasteiger partial charge on any atom is 0.122 e. The average molecular weight is 219 g/mol. The molecular weight excluding hydrogens is 198 g/mol. The van der Waals surface area contributed by atoms with Crippen LogP contribution in [0.15, 0.2) is 12.1 Å². The predicted molar refractivity (Wildman–Crippen MR) is 66.8 cm³/mol. The second-order valence-electron chi connectivity index (χ2n) is 4.98. The van der Waals surface area contributed by atoms with Crippen LogP contribution < -0.4 is 10.5 Å². The molecule has 16 heavy (non-hydrogen) atoms. The zero-order chi connectivity index (χ0) is 11.8. The Balaban J connectivity index is 2.45. The van der Waals surface area contributed by atoms with E-state index in [1.165, 1.54) is 29.5 Å². The molecule has 1 fully saturated rings. The molecule has 0 atom stereocenters. The van der Waals surface area contributed by atoms with Gasteiger partial charge in [-0.1, -0.05) is 18.9 Å².